The average molecular weight is 541 g/mol. The van der Waals surface area contributed by atoms with E-state index in [2.05, 4.69) is 9.72 Å². The number of aliphatic hydroxyl groups is 1. The summed E-state index contributed by atoms with van der Waals surface area (Å²) in [5.41, 5.74) is -1.39. The number of rotatable bonds is 9. The third-order valence-corrected chi connectivity index (χ3v) is 9.10. The van der Waals surface area contributed by atoms with Gasteiger partial charge in [0.05, 0.1) is 17.8 Å². The van der Waals surface area contributed by atoms with Gasteiger partial charge in [-0.25, -0.2) is 18.2 Å². The molecule has 0 aliphatic carbocycles. The van der Waals surface area contributed by atoms with E-state index in [1.807, 2.05) is 0 Å². The second-order valence-corrected chi connectivity index (χ2v) is 11.8. The summed E-state index contributed by atoms with van der Waals surface area (Å²) < 4.78 is 31.3. The van der Waals surface area contributed by atoms with Crippen LogP contribution in [-0.4, -0.2) is 61.6 Å². The van der Waals surface area contributed by atoms with Crippen molar-refractivity contribution in [3.8, 4) is 0 Å². The van der Waals surface area contributed by atoms with Crippen LogP contribution >= 0.6 is 34.7 Å². The van der Waals surface area contributed by atoms with Crippen LogP contribution in [0.15, 0.2) is 69.3 Å². The predicted octanol–water partition coefficient (Wildman–Crippen LogP) is 3.54. The van der Waals surface area contributed by atoms with E-state index >= 15 is 0 Å². The fourth-order valence-corrected chi connectivity index (χ4v) is 6.50. The van der Waals surface area contributed by atoms with Crippen LogP contribution in [0, 0.1) is 0 Å². The molecule has 12 heteroatoms. The normalized spacial score (nSPS) is 13.2. The Labute approximate surface area is 210 Å². The highest BCUT2D eigenvalue weighted by Crippen LogP contribution is 2.28. The molecular weight excluding hydrogens is 520 g/mol. The second-order valence-electron chi connectivity index (χ2n) is 7.23. The van der Waals surface area contributed by atoms with Crippen molar-refractivity contribution >= 4 is 62.1 Å². The van der Waals surface area contributed by atoms with E-state index in [0.717, 1.165) is 18.9 Å². The van der Waals surface area contributed by atoms with Crippen molar-refractivity contribution < 1.29 is 27.9 Å². The molecule has 0 spiro atoms. The number of hydrogen-bond donors (Lipinski definition) is 1. The summed E-state index contributed by atoms with van der Waals surface area (Å²) in [4.78, 5) is 30.3. The van der Waals surface area contributed by atoms with Gasteiger partial charge in [-0.05, 0) is 48.5 Å². The predicted molar refractivity (Wildman–Crippen MR) is 132 cm³/mol. The number of thiazole rings is 1. The number of sulfone groups is 1. The zero-order chi connectivity index (χ0) is 24.9. The smallest absolute Gasteiger partial charge is 0.339 e. The standard InChI is InChI=1S/C22H21ClN2O6S3/c1-25(19(26)15-3-5-16(23)6-4-15)17-7-9-18(10-8-17)34(29,30)14-22(28,20(27)31-2)13-33-21-24-11-12-32-21/h3-12,28H,13-14H2,1-2H3. The number of benzene rings is 2. The highest BCUT2D eigenvalue weighted by atomic mass is 35.5. The number of aromatic nitrogens is 1. The van der Waals surface area contributed by atoms with Crippen molar-refractivity contribution in [1.82, 2.24) is 4.98 Å². The summed E-state index contributed by atoms with van der Waals surface area (Å²) in [5, 5.41) is 13.1. The van der Waals surface area contributed by atoms with Crippen LogP contribution in [0.5, 0.6) is 0 Å². The van der Waals surface area contributed by atoms with Gasteiger partial charge < -0.3 is 14.7 Å². The lowest BCUT2D eigenvalue weighted by Crippen LogP contribution is -2.48. The Kier molecular flexibility index (Phi) is 8.37. The van der Waals surface area contributed by atoms with Crippen molar-refractivity contribution in [2.75, 3.05) is 30.6 Å². The maximum Gasteiger partial charge on any atom is 0.339 e. The number of methoxy groups -OCH3 is 1. The number of nitrogens with zero attached hydrogens (tertiary/aromatic N) is 2. The van der Waals surface area contributed by atoms with E-state index in [1.165, 1.54) is 40.5 Å². The zero-order valence-corrected chi connectivity index (χ0v) is 21.4. The summed E-state index contributed by atoms with van der Waals surface area (Å²) in [6, 6.07) is 12.0. The van der Waals surface area contributed by atoms with Crippen molar-refractivity contribution in [3.05, 3.63) is 70.7 Å². The number of halogens is 1. The average Bonchev–Trinajstić information content (AvgIpc) is 3.35. The quantitative estimate of drug-likeness (QED) is 0.324. The Morgan fingerprint density at radius 2 is 1.82 bits per heavy atom. The molecule has 1 amide bonds. The first-order valence-electron chi connectivity index (χ1n) is 9.75. The van der Waals surface area contributed by atoms with Crippen LogP contribution in [0.3, 0.4) is 0 Å². The van der Waals surface area contributed by atoms with Gasteiger partial charge in [0.1, 0.15) is 4.34 Å². The molecule has 0 radical (unpaired) electrons. The van der Waals surface area contributed by atoms with Crippen molar-refractivity contribution in [1.29, 1.82) is 0 Å². The molecule has 0 saturated carbocycles. The van der Waals surface area contributed by atoms with Gasteiger partial charge in [0.2, 0.25) is 0 Å². The maximum atomic E-state index is 13.0. The Bertz CT molecular complexity index is 1250. The largest absolute Gasteiger partial charge is 0.467 e. The van der Waals surface area contributed by atoms with Crippen molar-refractivity contribution in [3.63, 3.8) is 0 Å². The van der Waals surface area contributed by atoms with E-state index in [4.69, 9.17) is 11.6 Å². The third kappa shape index (κ3) is 6.16. The first-order chi connectivity index (χ1) is 16.1. The number of carbonyl (C=O) groups is 2. The number of carbonyl (C=O) groups excluding carboxylic acids is 2. The molecule has 0 bridgehead atoms. The Balaban J connectivity index is 1.77. The van der Waals surface area contributed by atoms with Gasteiger partial charge in [-0.15, -0.1) is 11.3 Å². The molecule has 1 aromatic heterocycles. The highest BCUT2D eigenvalue weighted by Gasteiger charge is 2.42. The zero-order valence-electron chi connectivity index (χ0n) is 18.2. The number of thioether (sulfide) groups is 1. The van der Waals surface area contributed by atoms with Gasteiger partial charge in [-0.1, -0.05) is 23.4 Å². The van der Waals surface area contributed by atoms with E-state index in [9.17, 15) is 23.1 Å². The van der Waals surface area contributed by atoms with E-state index in [1.54, 1.807) is 42.9 Å². The maximum absolute atomic E-state index is 13.0. The molecule has 8 nitrogen and oxygen atoms in total. The van der Waals surface area contributed by atoms with Crippen molar-refractivity contribution in [2.45, 2.75) is 14.8 Å². The van der Waals surface area contributed by atoms with Gasteiger partial charge in [0, 0.05) is 40.7 Å². The molecule has 1 N–H and O–H groups in total. The molecule has 1 atom stereocenters. The van der Waals surface area contributed by atoms with Crippen LogP contribution in [0.1, 0.15) is 10.4 Å². The molecule has 180 valence electrons. The topological polar surface area (TPSA) is 114 Å². The van der Waals surface area contributed by atoms with Gasteiger partial charge in [-0.2, -0.15) is 0 Å². The fourth-order valence-electron chi connectivity index (χ4n) is 2.99. The Morgan fingerprint density at radius 3 is 2.38 bits per heavy atom. The second kappa shape index (κ2) is 10.9. The van der Waals surface area contributed by atoms with Crippen LogP contribution in [-0.2, 0) is 19.4 Å². The highest BCUT2D eigenvalue weighted by molar-refractivity contribution is 8.01. The number of amides is 1. The molecule has 1 unspecified atom stereocenters. The molecule has 0 saturated heterocycles. The summed E-state index contributed by atoms with van der Waals surface area (Å²) in [6.07, 6.45) is 1.57. The minimum absolute atomic E-state index is 0.106. The molecular formula is C22H21ClN2O6S3. The lowest BCUT2D eigenvalue weighted by molar-refractivity contribution is -0.157. The van der Waals surface area contributed by atoms with Crippen LogP contribution in [0.4, 0.5) is 5.69 Å². The number of ether oxygens (including phenoxy) is 1. The lowest BCUT2D eigenvalue weighted by Gasteiger charge is -2.24. The van der Waals surface area contributed by atoms with Crippen LogP contribution in [0.25, 0.3) is 0 Å². The van der Waals surface area contributed by atoms with Gasteiger partial charge in [0.15, 0.2) is 15.4 Å². The number of anilines is 1. The minimum atomic E-state index is -4.08. The summed E-state index contributed by atoms with van der Waals surface area (Å²) in [5.74, 6) is -2.47. The first-order valence-corrected chi connectivity index (χ1v) is 13.6. The molecule has 0 fully saturated rings. The molecule has 0 aliphatic rings. The van der Waals surface area contributed by atoms with Crippen molar-refractivity contribution in [2.24, 2.45) is 0 Å². The third-order valence-electron chi connectivity index (χ3n) is 4.82. The molecule has 1 heterocycles. The molecule has 34 heavy (non-hydrogen) atoms. The fraction of sp³-hybridized carbons (Fsp3) is 0.227. The van der Waals surface area contributed by atoms with Gasteiger partial charge in [-0.3, -0.25) is 4.79 Å². The summed E-state index contributed by atoms with van der Waals surface area (Å²) >= 11 is 8.23. The van der Waals surface area contributed by atoms with Gasteiger partial charge >= 0.3 is 5.97 Å². The molecule has 3 aromatic rings. The van der Waals surface area contributed by atoms with E-state index in [-0.39, 0.29) is 16.6 Å². The molecule has 3 rings (SSSR count). The first kappa shape index (κ1) is 26.2. The van der Waals surface area contributed by atoms with E-state index < -0.39 is 27.2 Å². The van der Waals surface area contributed by atoms with E-state index in [0.29, 0.717) is 20.6 Å². The number of hydrogen-bond acceptors (Lipinski definition) is 9. The summed E-state index contributed by atoms with van der Waals surface area (Å²) in [6.45, 7) is 0. The molecule has 2 aromatic carbocycles. The summed E-state index contributed by atoms with van der Waals surface area (Å²) in [7, 11) is -1.44. The van der Waals surface area contributed by atoms with Crippen LogP contribution < -0.4 is 4.90 Å². The lowest BCUT2D eigenvalue weighted by atomic mass is 10.1. The Morgan fingerprint density at radius 1 is 1.18 bits per heavy atom. The van der Waals surface area contributed by atoms with Gasteiger partial charge in [0.25, 0.3) is 5.91 Å². The minimum Gasteiger partial charge on any atom is -0.467 e. The number of esters is 1. The molecule has 0 aliphatic heterocycles. The SMILES string of the molecule is COC(=O)C(O)(CSc1nccs1)CS(=O)(=O)c1ccc(N(C)C(=O)c2ccc(Cl)cc2)cc1. The Hall–Kier alpha value is -2.44. The van der Waals surface area contributed by atoms with Crippen LogP contribution in [0.2, 0.25) is 5.02 Å². The monoisotopic (exact) mass is 540 g/mol.